The molecule has 0 atom stereocenters. The van der Waals surface area contributed by atoms with Gasteiger partial charge in [0.05, 0.1) is 20.0 Å². The molecule has 0 aliphatic heterocycles. The summed E-state index contributed by atoms with van der Waals surface area (Å²) in [4.78, 5) is 8.35. The molecule has 7 nitrogen and oxygen atoms in total. The number of methoxy groups -OCH3 is 1. The van der Waals surface area contributed by atoms with Gasteiger partial charge in [-0.25, -0.2) is 4.98 Å². The number of nitrogens with one attached hydrogen (secondary N) is 2. The van der Waals surface area contributed by atoms with Crippen molar-refractivity contribution in [2.45, 2.75) is 13.1 Å². The van der Waals surface area contributed by atoms with Crippen LogP contribution in [0.3, 0.4) is 0 Å². The van der Waals surface area contributed by atoms with E-state index in [0.29, 0.717) is 19.7 Å². The van der Waals surface area contributed by atoms with Crippen molar-refractivity contribution in [1.29, 1.82) is 0 Å². The number of hydrogen-bond donors (Lipinski definition) is 2. The molecule has 30 heavy (non-hydrogen) atoms. The van der Waals surface area contributed by atoms with Crippen LogP contribution in [0.1, 0.15) is 11.1 Å². The van der Waals surface area contributed by atoms with Crippen molar-refractivity contribution in [2.24, 2.45) is 4.99 Å². The fourth-order valence-corrected chi connectivity index (χ4v) is 2.85. The maximum atomic E-state index is 5.72. The van der Waals surface area contributed by atoms with Crippen molar-refractivity contribution in [3.63, 3.8) is 0 Å². The lowest BCUT2D eigenvalue weighted by Gasteiger charge is -2.13. The van der Waals surface area contributed by atoms with Crippen LogP contribution in [0.4, 0.5) is 0 Å². The molecule has 2 N–H and O–H groups in total. The van der Waals surface area contributed by atoms with E-state index in [9.17, 15) is 0 Å². The van der Waals surface area contributed by atoms with E-state index in [0.717, 1.165) is 24.0 Å². The van der Waals surface area contributed by atoms with Gasteiger partial charge in [-0.15, -0.1) is 24.0 Å². The smallest absolute Gasteiger partial charge is 0.191 e. The summed E-state index contributed by atoms with van der Waals surface area (Å²) in [6, 6.07) is 16.0. The third-order valence-electron chi connectivity index (χ3n) is 4.32. The lowest BCUT2D eigenvalue weighted by atomic mass is 10.1. The van der Waals surface area contributed by atoms with E-state index in [4.69, 9.17) is 9.47 Å². The summed E-state index contributed by atoms with van der Waals surface area (Å²) in [6.45, 7) is 2.68. The Morgan fingerprint density at radius 1 is 1.07 bits per heavy atom. The van der Waals surface area contributed by atoms with Crippen LogP contribution in [0.25, 0.3) is 0 Å². The molecular formula is C22H28IN5O2. The van der Waals surface area contributed by atoms with Gasteiger partial charge in [-0.3, -0.25) is 4.99 Å². The summed E-state index contributed by atoms with van der Waals surface area (Å²) in [5.74, 6) is 2.36. The summed E-state index contributed by atoms with van der Waals surface area (Å²) in [5, 5.41) is 6.59. The molecular weight excluding hydrogens is 493 g/mol. The van der Waals surface area contributed by atoms with Gasteiger partial charge in [0, 0.05) is 32.5 Å². The maximum absolute atomic E-state index is 5.72. The second kappa shape index (κ2) is 12.7. The van der Waals surface area contributed by atoms with Crippen LogP contribution in [-0.2, 0) is 13.1 Å². The molecule has 0 unspecified atom stereocenters. The van der Waals surface area contributed by atoms with Gasteiger partial charge in [-0.05, 0) is 35.4 Å². The number of rotatable bonds is 9. The van der Waals surface area contributed by atoms with Crippen LogP contribution in [-0.4, -0.2) is 42.8 Å². The molecule has 0 aliphatic rings. The van der Waals surface area contributed by atoms with Gasteiger partial charge in [-0.1, -0.05) is 24.3 Å². The molecule has 0 bridgehead atoms. The molecule has 3 rings (SSSR count). The van der Waals surface area contributed by atoms with E-state index in [1.165, 1.54) is 11.1 Å². The molecule has 8 heteroatoms. The van der Waals surface area contributed by atoms with Gasteiger partial charge in [0.25, 0.3) is 0 Å². The van der Waals surface area contributed by atoms with Crippen LogP contribution in [0.2, 0.25) is 0 Å². The first-order valence-corrected chi connectivity index (χ1v) is 9.52. The van der Waals surface area contributed by atoms with E-state index < -0.39 is 0 Å². The van der Waals surface area contributed by atoms with Gasteiger partial charge in [0.2, 0.25) is 0 Å². The largest absolute Gasteiger partial charge is 0.497 e. The highest BCUT2D eigenvalue weighted by Gasteiger charge is 2.01. The quantitative estimate of drug-likeness (QED) is 0.196. The SMILES string of the molecule is CN=C(NCCOc1ccc(OC)cc1)NCc1cccc(Cn2ccnc2)c1.I. The molecule has 1 aromatic heterocycles. The van der Waals surface area contributed by atoms with Gasteiger partial charge < -0.3 is 24.7 Å². The Bertz CT molecular complexity index is 898. The molecule has 0 fully saturated rings. The van der Waals surface area contributed by atoms with Crippen molar-refractivity contribution >= 4 is 29.9 Å². The summed E-state index contributed by atoms with van der Waals surface area (Å²) >= 11 is 0. The average molecular weight is 521 g/mol. The molecule has 0 aliphatic carbocycles. The van der Waals surface area contributed by atoms with Gasteiger partial charge in [0.15, 0.2) is 5.96 Å². The predicted molar refractivity (Wildman–Crippen MR) is 130 cm³/mol. The first kappa shape index (κ1) is 23.5. The number of ether oxygens (including phenoxy) is 2. The monoisotopic (exact) mass is 521 g/mol. The third kappa shape index (κ3) is 7.58. The first-order chi connectivity index (χ1) is 14.3. The third-order valence-corrected chi connectivity index (χ3v) is 4.32. The van der Waals surface area contributed by atoms with Crippen LogP contribution >= 0.6 is 24.0 Å². The number of benzene rings is 2. The standard InChI is InChI=1S/C22H27N5O2.HI/c1-23-22(25-11-13-29-21-8-6-20(28-2)7-9-21)26-15-18-4-3-5-19(14-18)16-27-12-10-24-17-27;/h3-10,12,14,17H,11,13,15-16H2,1-2H3,(H2,23,25,26);1H. The zero-order valence-electron chi connectivity index (χ0n) is 17.2. The highest BCUT2D eigenvalue weighted by Crippen LogP contribution is 2.16. The molecule has 3 aromatic rings. The molecule has 2 aromatic carbocycles. The van der Waals surface area contributed by atoms with Crippen molar-refractivity contribution in [1.82, 2.24) is 20.2 Å². The van der Waals surface area contributed by atoms with Gasteiger partial charge >= 0.3 is 0 Å². The Hall–Kier alpha value is -2.75. The zero-order valence-corrected chi connectivity index (χ0v) is 19.6. The lowest BCUT2D eigenvalue weighted by Crippen LogP contribution is -2.38. The van der Waals surface area contributed by atoms with Crippen LogP contribution in [0.5, 0.6) is 11.5 Å². The highest BCUT2D eigenvalue weighted by molar-refractivity contribution is 14.0. The Morgan fingerprint density at radius 2 is 1.83 bits per heavy atom. The van der Waals surface area contributed by atoms with Crippen LogP contribution < -0.4 is 20.1 Å². The van der Waals surface area contributed by atoms with Crippen molar-refractivity contribution in [2.75, 3.05) is 27.3 Å². The molecule has 0 saturated heterocycles. The Balaban J connectivity index is 0.00000320. The van der Waals surface area contributed by atoms with Gasteiger partial charge in [0.1, 0.15) is 18.1 Å². The van der Waals surface area contributed by atoms with Crippen molar-refractivity contribution in [3.8, 4) is 11.5 Å². The van der Waals surface area contributed by atoms with Crippen molar-refractivity contribution < 1.29 is 9.47 Å². The van der Waals surface area contributed by atoms with Crippen LogP contribution in [0.15, 0.2) is 72.2 Å². The fourth-order valence-electron chi connectivity index (χ4n) is 2.85. The second-order valence-electron chi connectivity index (χ2n) is 6.43. The molecule has 160 valence electrons. The Kier molecular flexibility index (Phi) is 9.99. The minimum atomic E-state index is 0. The van der Waals surface area contributed by atoms with E-state index in [1.54, 1.807) is 20.4 Å². The van der Waals surface area contributed by atoms with E-state index in [1.807, 2.05) is 36.8 Å². The number of guanidine groups is 1. The highest BCUT2D eigenvalue weighted by atomic mass is 127. The predicted octanol–water partition coefficient (Wildman–Crippen LogP) is 3.30. The minimum absolute atomic E-state index is 0. The van der Waals surface area contributed by atoms with E-state index in [-0.39, 0.29) is 24.0 Å². The Labute approximate surface area is 194 Å². The summed E-state index contributed by atoms with van der Waals surface area (Å²) in [7, 11) is 3.41. The molecule has 0 spiro atoms. The van der Waals surface area contributed by atoms with Crippen molar-refractivity contribution in [3.05, 3.63) is 78.4 Å². The average Bonchev–Trinajstić information content (AvgIpc) is 3.27. The number of aromatic nitrogens is 2. The number of nitrogens with zero attached hydrogens (tertiary/aromatic N) is 3. The normalized spacial score (nSPS) is 10.8. The Morgan fingerprint density at radius 3 is 2.53 bits per heavy atom. The summed E-state index contributed by atoms with van der Waals surface area (Å²) in [5.41, 5.74) is 2.43. The molecule has 1 heterocycles. The van der Waals surface area contributed by atoms with Gasteiger partial charge in [-0.2, -0.15) is 0 Å². The number of aliphatic imine (C=N–C) groups is 1. The van der Waals surface area contributed by atoms with Crippen LogP contribution in [0, 0.1) is 0 Å². The molecule has 0 radical (unpaired) electrons. The molecule has 0 saturated carbocycles. The fraction of sp³-hybridized carbons (Fsp3) is 0.273. The minimum Gasteiger partial charge on any atom is -0.497 e. The number of halogens is 1. The summed E-state index contributed by atoms with van der Waals surface area (Å²) in [6.07, 6.45) is 5.58. The zero-order chi connectivity index (χ0) is 20.3. The second-order valence-corrected chi connectivity index (χ2v) is 6.43. The number of imidazole rings is 1. The van der Waals surface area contributed by atoms with E-state index in [2.05, 4.69) is 49.4 Å². The summed E-state index contributed by atoms with van der Waals surface area (Å²) < 4.78 is 12.9. The lowest BCUT2D eigenvalue weighted by molar-refractivity contribution is 0.321. The topological polar surface area (TPSA) is 72.7 Å². The molecule has 0 amide bonds. The first-order valence-electron chi connectivity index (χ1n) is 9.52. The van der Waals surface area contributed by atoms with E-state index >= 15 is 0 Å². The maximum Gasteiger partial charge on any atom is 0.191 e. The number of hydrogen-bond acceptors (Lipinski definition) is 4.